The lowest BCUT2D eigenvalue weighted by Crippen LogP contribution is -2.55. The molecule has 0 radical (unpaired) electrons. The van der Waals surface area contributed by atoms with Crippen molar-refractivity contribution in [3.05, 3.63) is 12.2 Å². The van der Waals surface area contributed by atoms with Crippen LogP contribution in [0.2, 0.25) is 0 Å². The second-order valence-corrected chi connectivity index (χ2v) is 4.77. The predicted molar refractivity (Wildman–Crippen MR) is 69.8 cm³/mol. The highest BCUT2D eigenvalue weighted by Crippen LogP contribution is 2.12. The van der Waals surface area contributed by atoms with E-state index in [1.807, 2.05) is 11.8 Å². The molecule has 1 aromatic rings. The van der Waals surface area contributed by atoms with Crippen LogP contribution in [0.25, 0.3) is 0 Å². The number of piperazine rings is 1. The molecule has 1 amide bonds. The van der Waals surface area contributed by atoms with Gasteiger partial charge in [-0.3, -0.25) is 14.5 Å². The Labute approximate surface area is 116 Å². The number of carboxylic acid groups (broad SMARTS) is 1. The normalized spacial score (nSPS) is 19.9. The molecule has 1 aromatic heterocycles. The van der Waals surface area contributed by atoms with E-state index < -0.39 is 12.0 Å². The molecule has 2 heterocycles. The van der Waals surface area contributed by atoms with Crippen molar-refractivity contribution in [1.29, 1.82) is 0 Å². The molecule has 0 aliphatic carbocycles. The summed E-state index contributed by atoms with van der Waals surface area (Å²) in [7, 11) is 0. The largest absolute Gasteiger partial charge is 0.481 e. The van der Waals surface area contributed by atoms with Gasteiger partial charge in [0.25, 0.3) is 0 Å². The van der Waals surface area contributed by atoms with Gasteiger partial charge in [0.05, 0.1) is 13.0 Å². The summed E-state index contributed by atoms with van der Waals surface area (Å²) in [6, 6.07) is -0.645. The Kier molecular flexibility index (Phi) is 4.67. The minimum atomic E-state index is -0.980. The molecule has 0 spiro atoms. The van der Waals surface area contributed by atoms with Gasteiger partial charge in [0.15, 0.2) is 0 Å². The van der Waals surface area contributed by atoms with Crippen LogP contribution in [0.1, 0.15) is 25.6 Å². The number of aryl methyl sites for hydroxylation is 1. The predicted octanol–water partition coefficient (Wildman–Crippen LogP) is -0.537. The van der Waals surface area contributed by atoms with Crippen LogP contribution >= 0.6 is 0 Å². The van der Waals surface area contributed by atoms with E-state index in [-0.39, 0.29) is 12.3 Å². The van der Waals surface area contributed by atoms with Gasteiger partial charge in [-0.05, 0) is 6.42 Å². The van der Waals surface area contributed by atoms with Crippen LogP contribution in [0.3, 0.4) is 0 Å². The lowest BCUT2D eigenvalue weighted by molar-refractivity contribution is -0.143. The third-order valence-corrected chi connectivity index (χ3v) is 3.29. The number of nitrogens with zero attached hydrogens (tertiary/aromatic N) is 4. The number of rotatable bonds is 6. The maximum absolute atomic E-state index is 11.8. The van der Waals surface area contributed by atoms with Gasteiger partial charge in [0.1, 0.15) is 18.2 Å². The summed E-state index contributed by atoms with van der Waals surface area (Å²) in [6.45, 7) is 4.39. The molecule has 1 aliphatic heterocycles. The Morgan fingerprint density at radius 3 is 3.10 bits per heavy atom. The van der Waals surface area contributed by atoms with Crippen molar-refractivity contribution in [3.8, 4) is 0 Å². The average Bonchev–Trinajstić information content (AvgIpc) is 2.81. The third-order valence-electron chi connectivity index (χ3n) is 3.29. The van der Waals surface area contributed by atoms with Gasteiger partial charge < -0.3 is 10.4 Å². The standard InChI is InChI=1S/C12H19N5O3/c1-2-4-17-10(14-8-15-17)7-16-5-3-13-12(20)9(16)6-11(18)19/h8-9H,2-7H2,1H3,(H,13,20)(H,18,19). The summed E-state index contributed by atoms with van der Waals surface area (Å²) in [6.07, 6.45) is 2.23. The second-order valence-electron chi connectivity index (χ2n) is 4.77. The summed E-state index contributed by atoms with van der Waals surface area (Å²) in [5, 5.41) is 15.8. The molecular weight excluding hydrogens is 262 g/mol. The molecule has 8 nitrogen and oxygen atoms in total. The number of aromatic nitrogens is 3. The van der Waals surface area contributed by atoms with Gasteiger partial charge in [-0.25, -0.2) is 9.67 Å². The number of amides is 1. The zero-order valence-electron chi connectivity index (χ0n) is 11.4. The van der Waals surface area contributed by atoms with E-state index in [0.29, 0.717) is 19.6 Å². The summed E-state index contributed by atoms with van der Waals surface area (Å²) < 4.78 is 1.80. The highest BCUT2D eigenvalue weighted by Gasteiger charge is 2.32. The van der Waals surface area contributed by atoms with Crippen LogP contribution in [-0.2, 0) is 22.7 Å². The molecule has 8 heteroatoms. The number of aliphatic carboxylic acids is 1. The van der Waals surface area contributed by atoms with E-state index in [9.17, 15) is 9.59 Å². The first-order valence-electron chi connectivity index (χ1n) is 6.72. The van der Waals surface area contributed by atoms with Crippen molar-refractivity contribution in [2.75, 3.05) is 13.1 Å². The van der Waals surface area contributed by atoms with Crippen LogP contribution in [0.5, 0.6) is 0 Å². The first kappa shape index (κ1) is 14.4. The lowest BCUT2D eigenvalue weighted by Gasteiger charge is -2.33. The fraction of sp³-hybridized carbons (Fsp3) is 0.667. The van der Waals surface area contributed by atoms with E-state index in [1.54, 1.807) is 4.68 Å². The fourth-order valence-corrected chi connectivity index (χ4v) is 2.33. The van der Waals surface area contributed by atoms with Crippen LogP contribution in [0, 0.1) is 0 Å². The molecule has 1 aliphatic rings. The highest BCUT2D eigenvalue weighted by atomic mass is 16.4. The molecule has 1 unspecified atom stereocenters. The monoisotopic (exact) mass is 281 g/mol. The van der Waals surface area contributed by atoms with Crippen LogP contribution in [0.15, 0.2) is 6.33 Å². The minimum Gasteiger partial charge on any atom is -0.481 e. The highest BCUT2D eigenvalue weighted by molar-refractivity contribution is 5.86. The Morgan fingerprint density at radius 2 is 2.40 bits per heavy atom. The zero-order chi connectivity index (χ0) is 14.5. The summed E-state index contributed by atoms with van der Waals surface area (Å²) >= 11 is 0. The van der Waals surface area contributed by atoms with Gasteiger partial charge in [-0.1, -0.05) is 6.92 Å². The zero-order valence-corrected chi connectivity index (χ0v) is 11.4. The summed E-state index contributed by atoms with van der Waals surface area (Å²) in [5.41, 5.74) is 0. The topological polar surface area (TPSA) is 100 Å². The second kappa shape index (κ2) is 6.47. The molecule has 0 aromatic carbocycles. The number of hydrogen-bond donors (Lipinski definition) is 2. The van der Waals surface area contributed by atoms with Crippen molar-refractivity contribution in [2.45, 2.75) is 38.9 Å². The molecule has 2 N–H and O–H groups in total. The third kappa shape index (κ3) is 3.32. The van der Waals surface area contributed by atoms with Crippen LogP contribution in [-0.4, -0.2) is 55.8 Å². The average molecular weight is 281 g/mol. The number of carboxylic acids is 1. The maximum Gasteiger partial charge on any atom is 0.305 e. The molecule has 1 fully saturated rings. The number of carbonyl (C=O) groups excluding carboxylic acids is 1. The van der Waals surface area contributed by atoms with Gasteiger partial charge in [0.2, 0.25) is 5.91 Å². The van der Waals surface area contributed by atoms with E-state index in [2.05, 4.69) is 15.4 Å². The Morgan fingerprint density at radius 1 is 1.60 bits per heavy atom. The molecule has 0 saturated carbocycles. The first-order valence-corrected chi connectivity index (χ1v) is 6.72. The van der Waals surface area contributed by atoms with E-state index in [4.69, 9.17) is 5.11 Å². The van der Waals surface area contributed by atoms with Crippen molar-refractivity contribution >= 4 is 11.9 Å². The molecule has 1 atom stereocenters. The first-order chi connectivity index (χ1) is 9.61. The Bertz CT molecular complexity index is 487. The van der Waals surface area contributed by atoms with E-state index in [1.165, 1.54) is 6.33 Å². The van der Waals surface area contributed by atoms with Crippen molar-refractivity contribution < 1.29 is 14.7 Å². The molecule has 110 valence electrons. The van der Waals surface area contributed by atoms with Gasteiger partial charge >= 0.3 is 5.97 Å². The fourth-order valence-electron chi connectivity index (χ4n) is 2.33. The number of carbonyl (C=O) groups is 2. The van der Waals surface area contributed by atoms with Crippen LogP contribution < -0.4 is 5.32 Å². The van der Waals surface area contributed by atoms with Gasteiger partial charge in [-0.2, -0.15) is 5.10 Å². The molecule has 20 heavy (non-hydrogen) atoms. The Hall–Kier alpha value is -1.96. The lowest BCUT2D eigenvalue weighted by atomic mass is 10.1. The van der Waals surface area contributed by atoms with E-state index >= 15 is 0 Å². The van der Waals surface area contributed by atoms with Gasteiger partial charge in [-0.15, -0.1) is 0 Å². The Balaban J connectivity index is 2.10. The molecule has 1 saturated heterocycles. The van der Waals surface area contributed by atoms with Crippen LogP contribution in [0.4, 0.5) is 0 Å². The SMILES string of the molecule is CCCn1ncnc1CN1CCNC(=O)C1CC(=O)O. The number of nitrogens with one attached hydrogen (secondary N) is 1. The van der Waals surface area contributed by atoms with Gasteiger partial charge in [0, 0.05) is 19.6 Å². The van der Waals surface area contributed by atoms with Crippen molar-refractivity contribution in [1.82, 2.24) is 25.0 Å². The molecular formula is C12H19N5O3. The maximum atomic E-state index is 11.8. The molecule has 2 rings (SSSR count). The van der Waals surface area contributed by atoms with Crippen molar-refractivity contribution in [2.24, 2.45) is 0 Å². The summed E-state index contributed by atoms with van der Waals surface area (Å²) in [4.78, 5) is 28.8. The minimum absolute atomic E-state index is 0.201. The van der Waals surface area contributed by atoms with Crippen molar-refractivity contribution in [3.63, 3.8) is 0 Å². The summed E-state index contributed by atoms with van der Waals surface area (Å²) in [5.74, 6) is -0.454. The van der Waals surface area contributed by atoms with E-state index in [0.717, 1.165) is 18.8 Å². The smallest absolute Gasteiger partial charge is 0.305 e. The number of hydrogen-bond acceptors (Lipinski definition) is 5. The quantitative estimate of drug-likeness (QED) is 0.726. The molecule has 0 bridgehead atoms.